The van der Waals surface area contributed by atoms with E-state index < -0.39 is 17.8 Å². The zero-order chi connectivity index (χ0) is 18.2. The van der Waals surface area contributed by atoms with Crippen LogP contribution in [0.25, 0.3) is 10.9 Å². The minimum atomic E-state index is -4.39. The Morgan fingerprint density at radius 2 is 1.92 bits per heavy atom. The molecule has 130 valence electrons. The number of fused-ring (bicyclic) bond motifs is 1. The third kappa shape index (κ3) is 3.66. The highest BCUT2D eigenvalue weighted by Crippen LogP contribution is 2.32. The monoisotopic (exact) mass is 366 g/mol. The van der Waals surface area contributed by atoms with Crippen molar-refractivity contribution < 1.29 is 13.2 Å². The van der Waals surface area contributed by atoms with Gasteiger partial charge in [-0.15, -0.1) is 5.10 Å². The summed E-state index contributed by atoms with van der Waals surface area (Å²) in [5, 5.41) is 12.3. The fourth-order valence-corrected chi connectivity index (χ4v) is 2.67. The third-order valence-electron chi connectivity index (χ3n) is 3.82. The molecule has 4 nitrogen and oxygen atoms in total. The minimum Gasteiger partial charge on any atom is -0.361 e. The van der Waals surface area contributed by atoms with Gasteiger partial charge in [0.15, 0.2) is 5.82 Å². The van der Waals surface area contributed by atoms with Gasteiger partial charge in [-0.25, -0.2) is 0 Å². The summed E-state index contributed by atoms with van der Waals surface area (Å²) in [5.74, 6) is 0.417. The van der Waals surface area contributed by atoms with E-state index in [0.29, 0.717) is 33.0 Å². The number of halogens is 4. The highest BCUT2D eigenvalue weighted by molar-refractivity contribution is 6.31. The van der Waals surface area contributed by atoms with Crippen LogP contribution in [0.5, 0.6) is 0 Å². The smallest absolute Gasteiger partial charge is 0.361 e. The normalized spacial score (nSPS) is 13.0. The Hall–Kier alpha value is -2.41. The molecule has 8 heteroatoms. The summed E-state index contributed by atoms with van der Waals surface area (Å²) in [6.07, 6.45) is -2.87. The van der Waals surface area contributed by atoms with Gasteiger partial charge in [0.1, 0.15) is 0 Å². The Kier molecular flexibility index (Phi) is 4.51. The van der Waals surface area contributed by atoms with E-state index in [0.717, 1.165) is 12.1 Å². The van der Waals surface area contributed by atoms with E-state index in [1.807, 2.05) is 0 Å². The minimum absolute atomic E-state index is 0.415. The van der Waals surface area contributed by atoms with Crippen LogP contribution in [0.2, 0.25) is 5.02 Å². The summed E-state index contributed by atoms with van der Waals surface area (Å²) in [5.41, 5.74) is 1.07. The predicted octanol–water partition coefficient (Wildman–Crippen LogP) is 5.18. The predicted molar refractivity (Wildman–Crippen MR) is 90.6 cm³/mol. The molecular formula is C17H14ClF3N4. The number of nitrogens with one attached hydrogen (secondary N) is 1. The van der Waals surface area contributed by atoms with Crippen LogP contribution < -0.4 is 5.32 Å². The van der Waals surface area contributed by atoms with Crippen LogP contribution >= 0.6 is 11.6 Å². The molecule has 1 atom stereocenters. The first kappa shape index (κ1) is 17.4. The molecule has 0 aliphatic rings. The fraction of sp³-hybridized carbons (Fsp3) is 0.235. The Bertz CT molecular complexity index is 927. The summed E-state index contributed by atoms with van der Waals surface area (Å²) < 4.78 is 38.7. The maximum atomic E-state index is 12.9. The largest absolute Gasteiger partial charge is 0.416 e. The highest BCUT2D eigenvalue weighted by atomic mass is 35.5. The molecular weight excluding hydrogens is 353 g/mol. The number of rotatable bonds is 3. The molecule has 25 heavy (non-hydrogen) atoms. The molecule has 1 N–H and O–H groups in total. The Morgan fingerprint density at radius 1 is 1.16 bits per heavy atom. The number of aromatic nitrogens is 3. The number of hydrogen-bond acceptors (Lipinski definition) is 4. The van der Waals surface area contributed by atoms with Crippen LogP contribution in [0, 0.1) is 6.92 Å². The van der Waals surface area contributed by atoms with E-state index in [1.165, 1.54) is 12.3 Å². The van der Waals surface area contributed by atoms with Gasteiger partial charge in [0.25, 0.3) is 0 Å². The zero-order valence-electron chi connectivity index (χ0n) is 13.4. The van der Waals surface area contributed by atoms with Gasteiger partial charge < -0.3 is 5.32 Å². The van der Waals surface area contributed by atoms with Crippen LogP contribution in [0.15, 0.2) is 36.5 Å². The number of pyridine rings is 1. The van der Waals surface area contributed by atoms with E-state index in [-0.39, 0.29) is 0 Å². The quantitative estimate of drug-likeness (QED) is 0.694. The lowest BCUT2D eigenvalue weighted by Crippen LogP contribution is -2.12. The molecule has 0 aliphatic carbocycles. The molecule has 3 rings (SSSR count). The van der Waals surface area contributed by atoms with E-state index in [2.05, 4.69) is 20.5 Å². The lowest BCUT2D eigenvalue weighted by atomic mass is 10.0. The summed E-state index contributed by atoms with van der Waals surface area (Å²) in [4.78, 5) is 4.24. The average molecular weight is 367 g/mol. The van der Waals surface area contributed by atoms with E-state index >= 15 is 0 Å². The van der Waals surface area contributed by atoms with Gasteiger partial charge in [-0.1, -0.05) is 23.7 Å². The molecule has 0 radical (unpaired) electrons. The molecule has 0 saturated heterocycles. The van der Waals surface area contributed by atoms with Crippen LogP contribution in [0.3, 0.4) is 0 Å². The number of benzene rings is 1. The average Bonchev–Trinajstić information content (AvgIpc) is 2.56. The second kappa shape index (κ2) is 6.48. The molecule has 0 bridgehead atoms. The van der Waals surface area contributed by atoms with Crippen LogP contribution in [0.1, 0.15) is 29.8 Å². The number of hydrogen-bond donors (Lipinski definition) is 1. The molecule has 0 aliphatic heterocycles. The van der Waals surface area contributed by atoms with Gasteiger partial charge in [0.2, 0.25) is 0 Å². The van der Waals surface area contributed by atoms with E-state index in [4.69, 9.17) is 11.6 Å². The van der Waals surface area contributed by atoms with Gasteiger partial charge >= 0.3 is 6.18 Å². The van der Waals surface area contributed by atoms with Crippen molar-refractivity contribution in [1.82, 2.24) is 15.2 Å². The Balaban J connectivity index is 1.96. The Labute approximate surface area is 147 Å². The SMILES string of the molecule is Cc1nnc(NC(C)c2cccc(C(F)(F)F)c2)c2cc(Cl)cnc12. The third-order valence-corrected chi connectivity index (χ3v) is 4.03. The lowest BCUT2D eigenvalue weighted by Gasteiger charge is -2.17. The summed E-state index contributed by atoms with van der Waals surface area (Å²) >= 11 is 6.00. The van der Waals surface area contributed by atoms with E-state index in [9.17, 15) is 13.2 Å². The first-order valence-electron chi connectivity index (χ1n) is 7.48. The first-order valence-corrected chi connectivity index (χ1v) is 7.86. The molecule has 1 unspecified atom stereocenters. The van der Waals surface area contributed by atoms with Crippen molar-refractivity contribution in [3.63, 3.8) is 0 Å². The van der Waals surface area contributed by atoms with Crippen molar-refractivity contribution in [3.05, 3.63) is 58.4 Å². The maximum Gasteiger partial charge on any atom is 0.416 e. The zero-order valence-corrected chi connectivity index (χ0v) is 14.2. The van der Waals surface area contributed by atoms with Crippen LogP contribution in [-0.4, -0.2) is 15.2 Å². The second-order valence-electron chi connectivity index (χ2n) is 5.67. The van der Waals surface area contributed by atoms with Gasteiger partial charge in [-0.2, -0.15) is 18.3 Å². The van der Waals surface area contributed by atoms with Crippen LogP contribution in [0.4, 0.5) is 19.0 Å². The van der Waals surface area contributed by atoms with Gasteiger partial charge in [-0.3, -0.25) is 4.98 Å². The molecule has 0 saturated carbocycles. The van der Waals surface area contributed by atoms with Gasteiger partial charge in [-0.05, 0) is 37.6 Å². The van der Waals surface area contributed by atoms with Crippen molar-refractivity contribution in [2.45, 2.75) is 26.1 Å². The van der Waals surface area contributed by atoms with Crippen LogP contribution in [-0.2, 0) is 6.18 Å². The lowest BCUT2D eigenvalue weighted by molar-refractivity contribution is -0.137. The summed E-state index contributed by atoms with van der Waals surface area (Å²) in [6.45, 7) is 3.52. The standard InChI is InChI=1S/C17H14ClF3N4/c1-9(11-4-3-5-12(6-11)17(19,20)21)23-16-14-7-13(18)8-22-15(14)10(2)24-25-16/h3-9H,1-2H3,(H,23,25). The van der Waals surface area contributed by atoms with Crippen molar-refractivity contribution in [2.75, 3.05) is 5.32 Å². The fourth-order valence-electron chi connectivity index (χ4n) is 2.51. The second-order valence-corrected chi connectivity index (χ2v) is 6.11. The first-order chi connectivity index (χ1) is 11.8. The number of aryl methyl sites for hydroxylation is 1. The van der Waals surface area contributed by atoms with E-state index in [1.54, 1.807) is 26.0 Å². The maximum absolute atomic E-state index is 12.9. The summed E-state index contributed by atoms with van der Waals surface area (Å²) in [7, 11) is 0. The molecule has 2 heterocycles. The van der Waals surface area contributed by atoms with Crippen molar-refractivity contribution >= 4 is 28.3 Å². The Morgan fingerprint density at radius 3 is 2.64 bits per heavy atom. The van der Waals surface area contributed by atoms with Crippen molar-refractivity contribution in [3.8, 4) is 0 Å². The molecule has 0 fully saturated rings. The molecule has 3 aromatic rings. The van der Waals surface area contributed by atoms with Crippen molar-refractivity contribution in [2.24, 2.45) is 0 Å². The molecule has 2 aromatic heterocycles. The number of anilines is 1. The topological polar surface area (TPSA) is 50.7 Å². The van der Waals surface area contributed by atoms with Gasteiger partial charge in [0, 0.05) is 11.6 Å². The number of alkyl halides is 3. The molecule has 1 aromatic carbocycles. The molecule has 0 spiro atoms. The number of nitrogens with zero attached hydrogens (tertiary/aromatic N) is 3. The van der Waals surface area contributed by atoms with Gasteiger partial charge in [0.05, 0.1) is 27.8 Å². The van der Waals surface area contributed by atoms with Crippen molar-refractivity contribution in [1.29, 1.82) is 0 Å². The highest BCUT2D eigenvalue weighted by Gasteiger charge is 2.30. The summed E-state index contributed by atoms with van der Waals surface area (Å²) in [6, 6.07) is 6.46. The molecule has 0 amide bonds.